The molecule has 0 bridgehead atoms. The Morgan fingerprint density at radius 2 is 1.94 bits per heavy atom. The van der Waals surface area contributed by atoms with Crippen LogP contribution in [0.1, 0.15) is 36.0 Å². The zero-order valence-corrected chi connectivity index (χ0v) is 18.3. The summed E-state index contributed by atoms with van der Waals surface area (Å²) in [6.07, 6.45) is 2.12. The van der Waals surface area contributed by atoms with Crippen molar-refractivity contribution in [2.45, 2.75) is 33.8 Å². The second-order valence-electron chi connectivity index (χ2n) is 7.56. The number of hydrogen-bond donors (Lipinski definition) is 2. The maximum Gasteiger partial charge on any atom is 0.411 e. The second-order valence-corrected chi connectivity index (χ2v) is 7.56. The van der Waals surface area contributed by atoms with Crippen molar-refractivity contribution in [3.63, 3.8) is 0 Å². The van der Waals surface area contributed by atoms with Gasteiger partial charge in [0.1, 0.15) is 11.5 Å². The molecule has 2 amide bonds. The van der Waals surface area contributed by atoms with Crippen molar-refractivity contribution in [2.75, 3.05) is 10.6 Å². The molecule has 0 unspecified atom stereocenters. The van der Waals surface area contributed by atoms with Crippen LogP contribution in [-0.2, 0) is 4.74 Å². The van der Waals surface area contributed by atoms with Crippen molar-refractivity contribution in [2.24, 2.45) is 0 Å². The Balaban J connectivity index is 1.59. The molecule has 4 aromatic rings. The number of amides is 2. The van der Waals surface area contributed by atoms with E-state index in [0.717, 1.165) is 0 Å². The van der Waals surface area contributed by atoms with Gasteiger partial charge in [0.2, 0.25) is 5.76 Å². The topological polar surface area (TPSA) is 124 Å². The fourth-order valence-electron chi connectivity index (χ4n) is 3.16. The standard InChI is InChI=1S/C22H21FN6O4/c1-11(2)32-22(31)27-16-7-14-10-29(28-20(14)24-9-16)18-8-15(5-6-17(18)23)26-21(30)19-12(3)25-13(4)33-19/h5-11H,1-4H3,(H,26,30)(H,27,31). The first-order chi connectivity index (χ1) is 15.7. The summed E-state index contributed by atoms with van der Waals surface area (Å²) in [7, 11) is 0. The first-order valence-electron chi connectivity index (χ1n) is 10.1. The number of ether oxygens (including phenoxy) is 1. The number of oxazole rings is 1. The van der Waals surface area contributed by atoms with Gasteiger partial charge in [-0.3, -0.25) is 10.1 Å². The molecule has 0 saturated heterocycles. The van der Waals surface area contributed by atoms with Crippen LogP contribution < -0.4 is 10.6 Å². The lowest BCUT2D eigenvalue weighted by Crippen LogP contribution is -2.17. The predicted molar refractivity (Wildman–Crippen MR) is 118 cm³/mol. The molecule has 0 atom stereocenters. The fourth-order valence-corrected chi connectivity index (χ4v) is 3.16. The number of aromatic nitrogens is 4. The zero-order valence-electron chi connectivity index (χ0n) is 18.3. The summed E-state index contributed by atoms with van der Waals surface area (Å²) in [5, 5.41) is 10.1. The summed E-state index contributed by atoms with van der Waals surface area (Å²) in [5.74, 6) is -0.587. The molecule has 33 heavy (non-hydrogen) atoms. The first kappa shape index (κ1) is 21.9. The van der Waals surface area contributed by atoms with Crippen LogP contribution in [0.15, 0.2) is 41.1 Å². The molecule has 10 nitrogen and oxygen atoms in total. The van der Waals surface area contributed by atoms with Gasteiger partial charge in [-0.05, 0) is 45.0 Å². The molecule has 170 valence electrons. The molecule has 11 heteroatoms. The summed E-state index contributed by atoms with van der Waals surface area (Å²) in [4.78, 5) is 32.6. The average Bonchev–Trinajstić information content (AvgIpc) is 3.30. The highest BCUT2D eigenvalue weighted by atomic mass is 19.1. The van der Waals surface area contributed by atoms with Crippen LogP contribution in [0.3, 0.4) is 0 Å². The number of hydrogen-bond acceptors (Lipinski definition) is 7. The lowest BCUT2D eigenvalue weighted by atomic mass is 10.2. The molecule has 3 aromatic heterocycles. The normalized spacial score (nSPS) is 11.1. The first-order valence-corrected chi connectivity index (χ1v) is 10.1. The fraction of sp³-hybridized carbons (Fsp3) is 0.227. The van der Waals surface area contributed by atoms with Gasteiger partial charge in [0.25, 0.3) is 5.91 Å². The molecule has 0 aliphatic heterocycles. The van der Waals surface area contributed by atoms with E-state index >= 15 is 0 Å². The number of aryl methyl sites for hydroxylation is 2. The number of fused-ring (bicyclic) bond motifs is 1. The van der Waals surface area contributed by atoms with Gasteiger partial charge in [0.15, 0.2) is 11.5 Å². The van der Waals surface area contributed by atoms with E-state index in [2.05, 4.69) is 25.7 Å². The smallest absolute Gasteiger partial charge is 0.411 e. The number of rotatable bonds is 5. The molecule has 0 radical (unpaired) electrons. The van der Waals surface area contributed by atoms with Crippen LogP contribution in [0, 0.1) is 19.7 Å². The van der Waals surface area contributed by atoms with Crippen molar-refractivity contribution in [1.29, 1.82) is 0 Å². The van der Waals surface area contributed by atoms with Gasteiger partial charge < -0.3 is 14.5 Å². The van der Waals surface area contributed by atoms with E-state index in [1.54, 1.807) is 40.0 Å². The Labute approximate surface area is 187 Å². The van der Waals surface area contributed by atoms with E-state index in [9.17, 15) is 14.0 Å². The number of carbonyl (C=O) groups is 2. The third-order valence-electron chi connectivity index (χ3n) is 4.51. The lowest BCUT2D eigenvalue weighted by molar-refractivity contribution is 0.0994. The predicted octanol–water partition coefficient (Wildman–Crippen LogP) is 4.37. The number of nitrogens with zero attached hydrogens (tertiary/aromatic N) is 4. The molecule has 0 aliphatic rings. The molecule has 0 saturated carbocycles. The highest BCUT2D eigenvalue weighted by Crippen LogP contribution is 2.23. The van der Waals surface area contributed by atoms with Gasteiger partial charge in [0, 0.05) is 24.2 Å². The van der Waals surface area contributed by atoms with Gasteiger partial charge in [-0.15, -0.1) is 5.10 Å². The molecule has 0 fully saturated rings. The highest BCUT2D eigenvalue weighted by Gasteiger charge is 2.17. The number of nitrogens with one attached hydrogen (secondary N) is 2. The van der Waals surface area contributed by atoms with Crippen LogP contribution in [0.5, 0.6) is 0 Å². The van der Waals surface area contributed by atoms with Crippen molar-refractivity contribution in [3.8, 4) is 5.69 Å². The quantitative estimate of drug-likeness (QED) is 0.461. The van der Waals surface area contributed by atoms with Crippen LogP contribution in [0.2, 0.25) is 0 Å². The molecule has 3 heterocycles. The SMILES string of the molecule is Cc1nc(C)c(C(=O)Nc2ccc(F)c(-n3cc4cc(NC(=O)OC(C)C)cnc4n3)c2)o1. The summed E-state index contributed by atoms with van der Waals surface area (Å²) < 4.78 is 26.3. The molecular weight excluding hydrogens is 431 g/mol. The van der Waals surface area contributed by atoms with Gasteiger partial charge in [-0.25, -0.2) is 23.8 Å². The van der Waals surface area contributed by atoms with Crippen molar-refractivity contribution in [3.05, 3.63) is 59.8 Å². The third-order valence-corrected chi connectivity index (χ3v) is 4.51. The molecular formula is C22H21FN6O4. The van der Waals surface area contributed by atoms with Gasteiger partial charge >= 0.3 is 6.09 Å². The van der Waals surface area contributed by atoms with Gasteiger partial charge in [0.05, 0.1) is 23.7 Å². The summed E-state index contributed by atoms with van der Waals surface area (Å²) in [6, 6.07) is 5.74. The zero-order chi connectivity index (χ0) is 23.7. The monoisotopic (exact) mass is 452 g/mol. The highest BCUT2D eigenvalue weighted by molar-refractivity contribution is 6.03. The molecule has 1 aromatic carbocycles. The Kier molecular flexibility index (Phi) is 5.78. The van der Waals surface area contributed by atoms with E-state index in [1.165, 1.54) is 29.1 Å². The average molecular weight is 452 g/mol. The van der Waals surface area contributed by atoms with Crippen LogP contribution in [0.4, 0.5) is 20.6 Å². The summed E-state index contributed by atoms with van der Waals surface area (Å²) in [5.41, 5.74) is 1.66. The lowest BCUT2D eigenvalue weighted by Gasteiger charge is -2.08. The van der Waals surface area contributed by atoms with E-state index < -0.39 is 17.8 Å². The number of halogens is 1. The molecule has 0 aliphatic carbocycles. The summed E-state index contributed by atoms with van der Waals surface area (Å²) in [6.45, 7) is 6.79. The van der Waals surface area contributed by atoms with Crippen LogP contribution >= 0.6 is 0 Å². The Morgan fingerprint density at radius 3 is 2.64 bits per heavy atom. The molecule has 2 N–H and O–H groups in total. The van der Waals surface area contributed by atoms with E-state index in [1.807, 2.05) is 0 Å². The minimum absolute atomic E-state index is 0.0865. The summed E-state index contributed by atoms with van der Waals surface area (Å²) >= 11 is 0. The Morgan fingerprint density at radius 1 is 1.15 bits per heavy atom. The van der Waals surface area contributed by atoms with Gasteiger partial charge in [-0.1, -0.05) is 0 Å². The molecule has 0 spiro atoms. The maximum atomic E-state index is 14.6. The maximum absolute atomic E-state index is 14.6. The van der Waals surface area contributed by atoms with Crippen molar-refractivity contribution >= 4 is 34.4 Å². The van der Waals surface area contributed by atoms with E-state index in [4.69, 9.17) is 9.15 Å². The number of anilines is 2. The largest absolute Gasteiger partial charge is 0.447 e. The Hall–Kier alpha value is -4.28. The number of carbonyl (C=O) groups excluding carboxylic acids is 2. The minimum atomic E-state index is -0.606. The second kappa shape index (κ2) is 8.69. The molecule has 4 rings (SSSR count). The van der Waals surface area contributed by atoms with Crippen molar-refractivity contribution in [1.82, 2.24) is 19.7 Å². The van der Waals surface area contributed by atoms with Crippen LogP contribution in [0.25, 0.3) is 16.7 Å². The van der Waals surface area contributed by atoms with Crippen molar-refractivity contribution < 1.29 is 23.1 Å². The Bertz CT molecular complexity index is 1360. The number of benzene rings is 1. The van der Waals surface area contributed by atoms with E-state index in [0.29, 0.717) is 34.0 Å². The third kappa shape index (κ3) is 4.81. The number of pyridine rings is 1. The minimum Gasteiger partial charge on any atom is -0.447 e. The van der Waals surface area contributed by atoms with Crippen LogP contribution in [-0.4, -0.2) is 37.9 Å². The van der Waals surface area contributed by atoms with E-state index in [-0.39, 0.29) is 17.6 Å². The van der Waals surface area contributed by atoms with Gasteiger partial charge in [-0.2, -0.15) is 0 Å².